The van der Waals surface area contributed by atoms with Crippen LogP contribution in [0.1, 0.15) is 58.6 Å². The van der Waals surface area contributed by atoms with Gasteiger partial charge in [-0.05, 0) is 38.8 Å². The summed E-state index contributed by atoms with van der Waals surface area (Å²) in [5.41, 5.74) is 6.94. The van der Waals surface area contributed by atoms with Crippen molar-refractivity contribution < 1.29 is 0 Å². The van der Waals surface area contributed by atoms with Crippen LogP contribution in [0.2, 0.25) is 0 Å². The normalized spacial score (nSPS) is 12.8. The van der Waals surface area contributed by atoms with E-state index in [0.29, 0.717) is 6.04 Å². The molecule has 0 unspecified atom stereocenters. The third-order valence-corrected chi connectivity index (χ3v) is 3.22. The first-order valence-corrected chi connectivity index (χ1v) is 7.04. The molecule has 3 heteroatoms. The predicted octanol–water partition coefficient (Wildman–Crippen LogP) is 3.51. The number of unbranched alkanes of at least 4 members (excludes halogenated alkanes) is 2. The molecule has 0 aromatic carbocycles. The molecule has 0 radical (unpaired) electrons. The monoisotopic (exact) mass is 249 g/mol. The van der Waals surface area contributed by atoms with E-state index in [-0.39, 0.29) is 6.04 Å². The van der Waals surface area contributed by atoms with Gasteiger partial charge in [-0.1, -0.05) is 25.8 Å². The topological polar surface area (TPSA) is 42.1 Å². The van der Waals surface area contributed by atoms with Gasteiger partial charge < -0.3 is 10.6 Å². The van der Waals surface area contributed by atoms with Gasteiger partial charge >= 0.3 is 0 Å². The quantitative estimate of drug-likeness (QED) is 0.752. The van der Waals surface area contributed by atoms with Crippen molar-refractivity contribution in [1.29, 1.82) is 0 Å². The first kappa shape index (κ1) is 15.0. The third-order valence-electron chi connectivity index (χ3n) is 3.22. The van der Waals surface area contributed by atoms with E-state index in [1.165, 1.54) is 19.3 Å². The molecule has 1 atom stereocenters. The van der Waals surface area contributed by atoms with Crippen LogP contribution >= 0.6 is 0 Å². The minimum atomic E-state index is 0.0548. The van der Waals surface area contributed by atoms with Crippen LogP contribution in [0.3, 0.4) is 0 Å². The second kappa shape index (κ2) is 7.37. The summed E-state index contributed by atoms with van der Waals surface area (Å²) in [5, 5.41) is 0. The molecule has 1 rings (SSSR count). The van der Waals surface area contributed by atoms with Gasteiger partial charge in [0.25, 0.3) is 0 Å². The maximum atomic E-state index is 5.84. The molecule has 0 fully saturated rings. The molecule has 1 aromatic rings. The Bertz CT molecular complexity index is 330. The molecule has 0 aliphatic heterocycles. The average molecular weight is 249 g/mol. The van der Waals surface area contributed by atoms with Crippen LogP contribution in [0.5, 0.6) is 0 Å². The van der Waals surface area contributed by atoms with Crippen molar-refractivity contribution in [2.24, 2.45) is 5.73 Å². The standard InChI is InChI=1S/C15H27N3/c1-5-6-7-10-18(12(2)3)15-9-8-14(11-17-15)13(4)16/h8-9,11-13H,5-7,10,16H2,1-4H3/t13-/m0/s1. The first-order chi connectivity index (χ1) is 8.56. The van der Waals surface area contributed by atoms with Crippen molar-refractivity contribution in [2.75, 3.05) is 11.4 Å². The van der Waals surface area contributed by atoms with Crippen LogP contribution in [0.4, 0.5) is 5.82 Å². The molecule has 0 saturated carbocycles. The van der Waals surface area contributed by atoms with Gasteiger partial charge in [0.15, 0.2) is 0 Å². The molecule has 2 N–H and O–H groups in total. The number of nitrogens with two attached hydrogens (primary N) is 1. The minimum absolute atomic E-state index is 0.0548. The van der Waals surface area contributed by atoms with E-state index >= 15 is 0 Å². The molecule has 102 valence electrons. The second-order valence-electron chi connectivity index (χ2n) is 5.23. The van der Waals surface area contributed by atoms with Gasteiger partial charge in [-0.25, -0.2) is 4.98 Å². The molecular formula is C15H27N3. The van der Waals surface area contributed by atoms with E-state index in [0.717, 1.165) is 17.9 Å². The summed E-state index contributed by atoms with van der Waals surface area (Å²) in [7, 11) is 0. The maximum Gasteiger partial charge on any atom is 0.128 e. The zero-order chi connectivity index (χ0) is 13.5. The van der Waals surface area contributed by atoms with E-state index in [4.69, 9.17) is 5.73 Å². The zero-order valence-corrected chi connectivity index (χ0v) is 12.2. The van der Waals surface area contributed by atoms with Gasteiger partial charge in [-0.2, -0.15) is 0 Å². The smallest absolute Gasteiger partial charge is 0.128 e. The van der Waals surface area contributed by atoms with Crippen LogP contribution in [0.25, 0.3) is 0 Å². The lowest BCUT2D eigenvalue weighted by Crippen LogP contribution is -2.32. The number of aromatic nitrogens is 1. The lowest BCUT2D eigenvalue weighted by Gasteiger charge is -2.28. The van der Waals surface area contributed by atoms with Crippen LogP contribution in [0.15, 0.2) is 18.3 Å². The van der Waals surface area contributed by atoms with E-state index < -0.39 is 0 Å². The number of hydrogen-bond donors (Lipinski definition) is 1. The SMILES string of the molecule is CCCCCN(c1ccc([C@H](C)N)cn1)C(C)C. The fraction of sp³-hybridized carbons (Fsp3) is 0.667. The van der Waals surface area contributed by atoms with Crippen LogP contribution < -0.4 is 10.6 Å². The summed E-state index contributed by atoms with van der Waals surface area (Å²) in [5.74, 6) is 1.06. The summed E-state index contributed by atoms with van der Waals surface area (Å²) < 4.78 is 0. The summed E-state index contributed by atoms with van der Waals surface area (Å²) in [6, 6.07) is 4.71. The van der Waals surface area contributed by atoms with Crippen LogP contribution in [-0.2, 0) is 0 Å². The number of pyridine rings is 1. The van der Waals surface area contributed by atoms with E-state index in [1.54, 1.807) is 0 Å². The van der Waals surface area contributed by atoms with Gasteiger partial charge in [0.1, 0.15) is 5.82 Å². The van der Waals surface area contributed by atoms with Crippen molar-refractivity contribution in [3.63, 3.8) is 0 Å². The summed E-state index contributed by atoms with van der Waals surface area (Å²) in [6.45, 7) is 9.73. The van der Waals surface area contributed by atoms with E-state index in [9.17, 15) is 0 Å². The molecule has 3 nitrogen and oxygen atoms in total. The molecule has 0 spiro atoms. The summed E-state index contributed by atoms with van der Waals surface area (Å²) in [6.07, 6.45) is 5.66. The Balaban J connectivity index is 2.72. The molecule has 1 aromatic heterocycles. The van der Waals surface area contributed by atoms with Crippen molar-refractivity contribution in [2.45, 2.75) is 59.0 Å². The molecule has 0 amide bonds. The molecule has 0 aliphatic rings. The second-order valence-corrected chi connectivity index (χ2v) is 5.23. The van der Waals surface area contributed by atoms with Crippen molar-refractivity contribution in [3.05, 3.63) is 23.9 Å². The Hall–Kier alpha value is -1.09. The van der Waals surface area contributed by atoms with Crippen LogP contribution in [-0.4, -0.2) is 17.6 Å². The highest BCUT2D eigenvalue weighted by Crippen LogP contribution is 2.17. The highest BCUT2D eigenvalue weighted by Gasteiger charge is 2.11. The number of rotatable bonds is 7. The third kappa shape index (κ3) is 4.30. The Morgan fingerprint density at radius 2 is 1.94 bits per heavy atom. The highest BCUT2D eigenvalue weighted by molar-refractivity contribution is 5.40. The van der Waals surface area contributed by atoms with Gasteiger partial charge in [-0.3, -0.25) is 0 Å². The van der Waals surface area contributed by atoms with Gasteiger partial charge in [-0.15, -0.1) is 0 Å². The molecule has 0 bridgehead atoms. The summed E-state index contributed by atoms with van der Waals surface area (Å²) in [4.78, 5) is 6.91. The van der Waals surface area contributed by atoms with Crippen molar-refractivity contribution in [1.82, 2.24) is 4.98 Å². The lowest BCUT2D eigenvalue weighted by molar-refractivity contribution is 0.619. The number of hydrogen-bond acceptors (Lipinski definition) is 3. The largest absolute Gasteiger partial charge is 0.354 e. The first-order valence-electron chi connectivity index (χ1n) is 7.04. The Kier molecular flexibility index (Phi) is 6.13. The van der Waals surface area contributed by atoms with E-state index in [1.807, 2.05) is 13.1 Å². The Morgan fingerprint density at radius 1 is 1.22 bits per heavy atom. The molecule has 0 aliphatic carbocycles. The molecule has 0 saturated heterocycles. The highest BCUT2D eigenvalue weighted by atomic mass is 15.2. The average Bonchev–Trinajstić information content (AvgIpc) is 2.34. The molecular weight excluding hydrogens is 222 g/mol. The zero-order valence-electron chi connectivity index (χ0n) is 12.2. The fourth-order valence-electron chi connectivity index (χ4n) is 2.01. The van der Waals surface area contributed by atoms with Gasteiger partial charge in [0.05, 0.1) is 0 Å². The van der Waals surface area contributed by atoms with Crippen LogP contribution in [0, 0.1) is 0 Å². The van der Waals surface area contributed by atoms with E-state index in [2.05, 4.69) is 42.8 Å². The minimum Gasteiger partial charge on any atom is -0.354 e. The predicted molar refractivity (Wildman–Crippen MR) is 78.8 cm³/mol. The Labute approximate surface area is 111 Å². The number of nitrogens with zero attached hydrogens (tertiary/aromatic N) is 2. The van der Waals surface area contributed by atoms with Crippen molar-refractivity contribution in [3.8, 4) is 0 Å². The molecule has 18 heavy (non-hydrogen) atoms. The number of anilines is 1. The van der Waals surface area contributed by atoms with Gasteiger partial charge in [0, 0.05) is 24.8 Å². The maximum absolute atomic E-state index is 5.84. The Morgan fingerprint density at radius 3 is 2.39 bits per heavy atom. The van der Waals surface area contributed by atoms with Gasteiger partial charge in [0.2, 0.25) is 0 Å². The lowest BCUT2D eigenvalue weighted by atomic mass is 10.1. The molecule has 1 heterocycles. The fourth-order valence-corrected chi connectivity index (χ4v) is 2.01. The summed E-state index contributed by atoms with van der Waals surface area (Å²) >= 11 is 0. The van der Waals surface area contributed by atoms with Crippen molar-refractivity contribution >= 4 is 5.82 Å².